The second-order valence-corrected chi connectivity index (χ2v) is 6.19. The van der Waals surface area contributed by atoms with Gasteiger partial charge >= 0.3 is 0 Å². The highest BCUT2D eigenvalue weighted by atomic mass is 16.5. The average Bonchev–Trinajstić information content (AvgIpc) is 2.72. The largest absolute Gasteiger partial charge is 0.457 e. The quantitative estimate of drug-likeness (QED) is 0.430. The lowest BCUT2D eigenvalue weighted by Crippen LogP contribution is -2.33. The van der Waals surface area contributed by atoms with Gasteiger partial charge in [-0.25, -0.2) is 0 Å². The van der Waals surface area contributed by atoms with Gasteiger partial charge in [-0.15, -0.1) is 0 Å². The van der Waals surface area contributed by atoms with Crippen LogP contribution in [0, 0.1) is 0 Å². The minimum atomic E-state index is -0.183. The van der Waals surface area contributed by atoms with Crippen molar-refractivity contribution < 1.29 is 14.3 Å². The minimum Gasteiger partial charge on any atom is -0.457 e. The summed E-state index contributed by atoms with van der Waals surface area (Å²) in [7, 11) is 1.70. The number of nitrogens with one attached hydrogen (secondary N) is 2. The number of nitrogens with zero attached hydrogens (tertiary/aromatic N) is 1. The van der Waals surface area contributed by atoms with Crippen molar-refractivity contribution in [2.24, 2.45) is 5.73 Å². The molecule has 0 bridgehead atoms. The van der Waals surface area contributed by atoms with Crippen LogP contribution in [-0.4, -0.2) is 36.8 Å². The van der Waals surface area contributed by atoms with Gasteiger partial charge in [-0.05, 0) is 42.7 Å². The molecule has 0 aliphatic rings. The molecule has 1 aromatic heterocycles. The molecule has 2 rings (SSSR count). The van der Waals surface area contributed by atoms with Crippen molar-refractivity contribution in [3.05, 3.63) is 65.6 Å². The summed E-state index contributed by atoms with van der Waals surface area (Å²) in [5, 5.41) is 5.76. The number of ether oxygens (including phenoxy) is 1. The fourth-order valence-electron chi connectivity index (χ4n) is 2.48. The highest BCUT2D eigenvalue weighted by Gasteiger charge is 2.09. The Morgan fingerprint density at radius 3 is 2.79 bits per heavy atom. The maximum absolute atomic E-state index is 12.2. The highest BCUT2D eigenvalue weighted by Crippen LogP contribution is 2.22. The minimum absolute atomic E-state index is 0.157. The molecular weight excluding hydrogens is 356 g/mol. The zero-order valence-electron chi connectivity index (χ0n) is 16.1. The molecule has 0 aliphatic heterocycles. The topological polar surface area (TPSA) is 106 Å². The summed E-state index contributed by atoms with van der Waals surface area (Å²) in [6.07, 6.45) is 5.34. The van der Waals surface area contributed by atoms with Crippen molar-refractivity contribution in [3.63, 3.8) is 0 Å². The van der Waals surface area contributed by atoms with Gasteiger partial charge < -0.3 is 21.1 Å². The van der Waals surface area contributed by atoms with Gasteiger partial charge in [-0.2, -0.15) is 0 Å². The summed E-state index contributed by atoms with van der Waals surface area (Å²) in [4.78, 5) is 27.0. The van der Waals surface area contributed by atoms with E-state index in [0.717, 1.165) is 12.0 Å². The van der Waals surface area contributed by atoms with E-state index < -0.39 is 0 Å². The van der Waals surface area contributed by atoms with Crippen LogP contribution in [0.25, 0.3) is 0 Å². The van der Waals surface area contributed by atoms with E-state index in [1.807, 2.05) is 31.2 Å². The molecular formula is C21H26N4O3. The van der Waals surface area contributed by atoms with Gasteiger partial charge in [0.05, 0.1) is 5.70 Å². The normalized spacial score (nSPS) is 12.2. The van der Waals surface area contributed by atoms with E-state index in [9.17, 15) is 9.59 Å². The molecule has 7 heteroatoms. The van der Waals surface area contributed by atoms with Crippen LogP contribution >= 0.6 is 0 Å². The lowest BCUT2D eigenvalue weighted by atomic mass is 10.1. The number of nitrogens with two attached hydrogens (primary N) is 1. The van der Waals surface area contributed by atoms with E-state index in [1.54, 1.807) is 25.3 Å². The van der Waals surface area contributed by atoms with Crippen molar-refractivity contribution in [1.29, 1.82) is 0 Å². The molecule has 1 aromatic carbocycles. The number of hydrogen-bond acceptors (Lipinski definition) is 6. The molecule has 0 aliphatic carbocycles. The van der Waals surface area contributed by atoms with E-state index in [4.69, 9.17) is 10.5 Å². The Bertz CT molecular complexity index is 836. The summed E-state index contributed by atoms with van der Waals surface area (Å²) >= 11 is 0. The van der Waals surface area contributed by atoms with Crippen molar-refractivity contribution in [3.8, 4) is 11.5 Å². The van der Waals surface area contributed by atoms with Gasteiger partial charge in [0.1, 0.15) is 17.2 Å². The number of hydrogen-bond donors (Lipinski definition) is 3. The van der Waals surface area contributed by atoms with Gasteiger partial charge in [0.2, 0.25) is 0 Å². The lowest BCUT2D eigenvalue weighted by Gasteiger charge is -2.11. The van der Waals surface area contributed by atoms with E-state index in [-0.39, 0.29) is 11.9 Å². The molecule has 0 saturated carbocycles. The van der Waals surface area contributed by atoms with E-state index in [0.29, 0.717) is 42.1 Å². The second-order valence-electron chi connectivity index (χ2n) is 6.19. The van der Waals surface area contributed by atoms with Gasteiger partial charge in [0.25, 0.3) is 5.91 Å². The number of aldehydes is 1. The van der Waals surface area contributed by atoms with Crippen LogP contribution in [0.3, 0.4) is 0 Å². The molecule has 0 saturated heterocycles. The molecule has 1 unspecified atom stereocenters. The first kappa shape index (κ1) is 21.1. The maximum Gasteiger partial charge on any atom is 0.267 e. The number of amides is 1. The molecule has 0 radical (unpaired) electrons. The molecule has 4 N–H and O–H groups in total. The molecule has 7 nitrogen and oxygen atoms in total. The third-order valence-electron chi connectivity index (χ3n) is 4.07. The molecule has 1 atom stereocenters. The average molecular weight is 382 g/mol. The van der Waals surface area contributed by atoms with E-state index in [1.165, 1.54) is 6.20 Å². The number of carbonyl (C=O) groups excluding carboxylic acids is 2. The van der Waals surface area contributed by atoms with Crippen LogP contribution < -0.4 is 21.1 Å². The predicted octanol–water partition coefficient (Wildman–Crippen LogP) is 2.19. The Labute approximate surface area is 165 Å². The molecule has 28 heavy (non-hydrogen) atoms. The molecule has 2 aromatic rings. The zero-order valence-corrected chi connectivity index (χ0v) is 16.1. The van der Waals surface area contributed by atoms with Crippen LogP contribution in [-0.2, 0) is 11.2 Å². The second kappa shape index (κ2) is 10.8. The number of carbonyl (C=O) groups is 2. The Balaban J connectivity index is 1.93. The van der Waals surface area contributed by atoms with Crippen molar-refractivity contribution in [2.45, 2.75) is 25.8 Å². The Morgan fingerprint density at radius 1 is 1.29 bits per heavy atom. The highest BCUT2D eigenvalue weighted by molar-refractivity contribution is 5.92. The Morgan fingerprint density at radius 2 is 2.07 bits per heavy atom. The summed E-state index contributed by atoms with van der Waals surface area (Å²) in [5.74, 6) is 1.01. The van der Waals surface area contributed by atoms with E-state index in [2.05, 4.69) is 15.6 Å². The van der Waals surface area contributed by atoms with Crippen LogP contribution in [0.1, 0.15) is 29.4 Å². The number of rotatable bonds is 10. The van der Waals surface area contributed by atoms with Gasteiger partial charge in [0.15, 0.2) is 6.29 Å². The summed E-state index contributed by atoms with van der Waals surface area (Å²) in [5.41, 5.74) is 7.67. The van der Waals surface area contributed by atoms with E-state index >= 15 is 0 Å². The van der Waals surface area contributed by atoms with Crippen molar-refractivity contribution in [1.82, 2.24) is 15.6 Å². The third-order valence-corrected chi connectivity index (χ3v) is 4.07. The first-order chi connectivity index (χ1) is 13.5. The number of likely N-dealkylation sites (N-methyl/N-ethyl adjacent to an activating group) is 1. The lowest BCUT2D eigenvalue weighted by molar-refractivity contribution is -0.117. The van der Waals surface area contributed by atoms with Crippen LogP contribution in [0.5, 0.6) is 11.5 Å². The standard InChI is InChI=1S/C21H26N4O3/c1-3-16(22)12-20(23-2)21(27)25-9-7-15-5-4-6-18(11-15)28-19-8-10-24-17(13-19)14-26/h4-6,8,10-14,16,23H,3,7,9,22H2,1-2H3,(H,25,27)/b20-12-. The fourth-order valence-corrected chi connectivity index (χ4v) is 2.48. The van der Waals surface area contributed by atoms with Crippen LogP contribution in [0.15, 0.2) is 54.4 Å². The van der Waals surface area contributed by atoms with Crippen LogP contribution in [0.2, 0.25) is 0 Å². The number of aromatic nitrogens is 1. The van der Waals surface area contributed by atoms with Gasteiger partial charge in [-0.1, -0.05) is 19.1 Å². The SMILES string of the molecule is CCC(N)/C=C(\NC)C(=O)NCCc1cccc(Oc2ccnc(C=O)c2)c1. The maximum atomic E-state index is 12.2. The molecule has 1 heterocycles. The first-order valence-electron chi connectivity index (χ1n) is 9.17. The molecule has 0 fully saturated rings. The third kappa shape index (κ3) is 6.51. The monoisotopic (exact) mass is 382 g/mol. The smallest absolute Gasteiger partial charge is 0.267 e. The van der Waals surface area contributed by atoms with Crippen LogP contribution in [0.4, 0.5) is 0 Å². The predicted molar refractivity (Wildman–Crippen MR) is 108 cm³/mol. The van der Waals surface area contributed by atoms with Crippen molar-refractivity contribution in [2.75, 3.05) is 13.6 Å². The van der Waals surface area contributed by atoms with Gasteiger partial charge in [0, 0.05) is 31.9 Å². The summed E-state index contributed by atoms with van der Waals surface area (Å²) in [6.45, 7) is 2.44. The molecule has 148 valence electrons. The Kier molecular flexibility index (Phi) is 8.17. The summed E-state index contributed by atoms with van der Waals surface area (Å²) < 4.78 is 5.78. The fraction of sp³-hybridized carbons (Fsp3) is 0.286. The Hall–Kier alpha value is -3.19. The zero-order chi connectivity index (χ0) is 20.4. The molecule has 0 spiro atoms. The van der Waals surface area contributed by atoms with Gasteiger partial charge in [-0.3, -0.25) is 14.6 Å². The first-order valence-corrected chi connectivity index (χ1v) is 9.17. The molecule has 1 amide bonds. The van der Waals surface area contributed by atoms with Crippen molar-refractivity contribution >= 4 is 12.2 Å². The summed E-state index contributed by atoms with van der Waals surface area (Å²) in [6, 6.07) is 10.7. The number of pyridine rings is 1. The number of benzene rings is 1.